The fourth-order valence-electron chi connectivity index (χ4n) is 4.74. The van der Waals surface area contributed by atoms with Gasteiger partial charge in [0.25, 0.3) is 5.91 Å². The van der Waals surface area contributed by atoms with Crippen LogP contribution in [0.4, 0.5) is 5.82 Å². The number of β-amino-alcohol motifs (C(OH)–C–C–N with tert-alkyl or cyclic N) is 1. The number of hydrogen-bond donors (Lipinski definition) is 1. The maximum Gasteiger partial charge on any atom is 0.253 e. The number of rotatable bonds is 3. The molecule has 3 aromatic rings. The van der Waals surface area contributed by atoms with Gasteiger partial charge in [0.2, 0.25) is 0 Å². The molecule has 1 amide bonds. The van der Waals surface area contributed by atoms with Crippen LogP contribution in [0, 0.1) is 6.92 Å². The first-order chi connectivity index (χ1) is 15.5. The predicted molar refractivity (Wildman–Crippen MR) is 125 cm³/mol. The number of halogens is 1. The van der Waals surface area contributed by atoms with E-state index in [0.717, 1.165) is 35.4 Å². The largest absolute Gasteiger partial charge is 0.390 e. The van der Waals surface area contributed by atoms with E-state index < -0.39 is 6.10 Å². The van der Waals surface area contributed by atoms with Gasteiger partial charge in [0.05, 0.1) is 17.7 Å². The van der Waals surface area contributed by atoms with E-state index in [1.165, 1.54) is 0 Å². The molecule has 2 unspecified atom stereocenters. The number of aliphatic hydroxyl groups is 1. The number of carbonyl (C=O) groups is 1. The van der Waals surface area contributed by atoms with Crippen LogP contribution >= 0.6 is 11.6 Å². The Labute approximate surface area is 192 Å². The summed E-state index contributed by atoms with van der Waals surface area (Å²) in [4.78, 5) is 28.0. The second kappa shape index (κ2) is 8.65. The van der Waals surface area contributed by atoms with E-state index in [4.69, 9.17) is 11.6 Å². The molecule has 0 radical (unpaired) electrons. The molecule has 2 aliphatic rings. The Bertz CT molecular complexity index is 1130. The van der Waals surface area contributed by atoms with Gasteiger partial charge in [-0.05, 0) is 43.3 Å². The fourth-order valence-corrected chi connectivity index (χ4v) is 4.87. The number of aliphatic hydroxyl groups excluding tert-OH is 1. The van der Waals surface area contributed by atoms with Crippen molar-refractivity contribution in [2.24, 2.45) is 0 Å². The molecule has 5 rings (SSSR count). The molecule has 32 heavy (non-hydrogen) atoms. The van der Waals surface area contributed by atoms with Crippen molar-refractivity contribution in [3.63, 3.8) is 0 Å². The van der Waals surface area contributed by atoms with Gasteiger partial charge in [0, 0.05) is 55.2 Å². The molecule has 1 N–H and O–H groups in total. The van der Waals surface area contributed by atoms with Crippen LogP contribution in [0.2, 0.25) is 5.02 Å². The lowest BCUT2D eigenvalue weighted by molar-refractivity contribution is 0.0376. The summed E-state index contributed by atoms with van der Waals surface area (Å²) in [5, 5.41) is 12.5. The molecule has 2 saturated heterocycles. The molecule has 1 aromatic heterocycles. The van der Waals surface area contributed by atoms with Gasteiger partial charge < -0.3 is 14.9 Å². The van der Waals surface area contributed by atoms with E-state index in [-0.39, 0.29) is 11.9 Å². The third-order valence-electron chi connectivity index (χ3n) is 6.49. The first-order valence-corrected chi connectivity index (χ1v) is 11.3. The lowest BCUT2D eigenvalue weighted by atomic mass is 10.1. The van der Waals surface area contributed by atoms with E-state index in [1.54, 1.807) is 30.6 Å². The highest BCUT2D eigenvalue weighted by Crippen LogP contribution is 2.29. The van der Waals surface area contributed by atoms with Crippen LogP contribution in [-0.2, 0) is 0 Å². The van der Waals surface area contributed by atoms with E-state index in [2.05, 4.69) is 32.8 Å². The van der Waals surface area contributed by atoms with Crippen molar-refractivity contribution in [1.29, 1.82) is 0 Å². The van der Waals surface area contributed by atoms with Gasteiger partial charge >= 0.3 is 0 Å². The number of amides is 1. The summed E-state index contributed by atoms with van der Waals surface area (Å²) in [6.07, 6.45) is 1.12. The topological polar surface area (TPSA) is 72.8 Å². The number of piperazine rings is 1. The Hall–Kier alpha value is -2.74. The van der Waals surface area contributed by atoms with Gasteiger partial charge in [-0.1, -0.05) is 23.2 Å². The van der Waals surface area contributed by atoms with Crippen LogP contribution in [-0.4, -0.2) is 82.2 Å². The first-order valence-electron chi connectivity index (χ1n) is 10.9. The number of anilines is 1. The Kier molecular flexibility index (Phi) is 5.71. The summed E-state index contributed by atoms with van der Waals surface area (Å²) >= 11 is 5.94. The molecule has 2 aromatic carbocycles. The van der Waals surface area contributed by atoms with Crippen LogP contribution in [0.25, 0.3) is 10.9 Å². The average molecular weight is 452 g/mol. The Balaban J connectivity index is 1.26. The molecule has 2 aliphatic heterocycles. The van der Waals surface area contributed by atoms with Crippen molar-refractivity contribution in [1.82, 2.24) is 19.8 Å². The third kappa shape index (κ3) is 4.03. The van der Waals surface area contributed by atoms with Crippen molar-refractivity contribution in [2.75, 3.05) is 44.2 Å². The lowest BCUT2D eigenvalue weighted by Crippen LogP contribution is -2.54. The highest BCUT2D eigenvalue weighted by Gasteiger charge is 2.38. The van der Waals surface area contributed by atoms with Gasteiger partial charge in [-0.15, -0.1) is 0 Å². The van der Waals surface area contributed by atoms with E-state index in [0.29, 0.717) is 36.8 Å². The van der Waals surface area contributed by atoms with Crippen molar-refractivity contribution >= 4 is 34.2 Å². The summed E-state index contributed by atoms with van der Waals surface area (Å²) in [6.45, 7) is 6.04. The molecule has 3 heterocycles. The Morgan fingerprint density at radius 2 is 1.78 bits per heavy atom. The fraction of sp³-hybridized carbons (Fsp3) is 0.375. The smallest absolute Gasteiger partial charge is 0.253 e. The van der Waals surface area contributed by atoms with Gasteiger partial charge in [0.1, 0.15) is 12.1 Å². The normalized spacial score (nSPS) is 22.0. The molecule has 0 spiro atoms. The minimum atomic E-state index is -0.469. The maximum atomic E-state index is 12.8. The number of aromatic nitrogens is 2. The van der Waals surface area contributed by atoms with Crippen LogP contribution < -0.4 is 4.90 Å². The number of aryl methyl sites for hydroxylation is 1. The van der Waals surface area contributed by atoms with Crippen molar-refractivity contribution in [3.8, 4) is 0 Å². The van der Waals surface area contributed by atoms with Crippen molar-refractivity contribution < 1.29 is 9.90 Å². The van der Waals surface area contributed by atoms with Gasteiger partial charge in [-0.25, -0.2) is 9.97 Å². The van der Waals surface area contributed by atoms with Crippen molar-refractivity contribution in [3.05, 3.63) is 64.9 Å². The van der Waals surface area contributed by atoms with Crippen LogP contribution in [0.3, 0.4) is 0 Å². The monoisotopic (exact) mass is 451 g/mol. The molecular formula is C24H26ClN5O2. The SMILES string of the molecule is Cc1ccc2ncnc(N3CC(O)C(N4CCN(C(=O)c5ccc(Cl)cc5)CC4)C3)c2c1. The lowest BCUT2D eigenvalue weighted by Gasteiger charge is -2.38. The summed E-state index contributed by atoms with van der Waals surface area (Å²) < 4.78 is 0. The number of nitrogens with zero attached hydrogens (tertiary/aromatic N) is 5. The average Bonchev–Trinajstić information content (AvgIpc) is 3.20. The van der Waals surface area contributed by atoms with Gasteiger partial charge in [-0.2, -0.15) is 0 Å². The van der Waals surface area contributed by atoms with Gasteiger partial charge in [-0.3, -0.25) is 9.69 Å². The molecule has 7 nitrogen and oxygen atoms in total. The number of hydrogen-bond acceptors (Lipinski definition) is 6. The van der Waals surface area contributed by atoms with Crippen LogP contribution in [0.1, 0.15) is 15.9 Å². The second-order valence-corrected chi connectivity index (χ2v) is 9.03. The Morgan fingerprint density at radius 3 is 2.53 bits per heavy atom. The minimum Gasteiger partial charge on any atom is -0.390 e. The number of carbonyl (C=O) groups excluding carboxylic acids is 1. The van der Waals surface area contributed by atoms with Gasteiger partial charge in [0.15, 0.2) is 0 Å². The molecule has 2 atom stereocenters. The number of benzene rings is 2. The molecule has 8 heteroatoms. The zero-order chi connectivity index (χ0) is 22.2. The van der Waals surface area contributed by atoms with E-state index >= 15 is 0 Å². The molecule has 2 fully saturated rings. The third-order valence-corrected chi connectivity index (χ3v) is 6.74. The molecule has 0 bridgehead atoms. The molecule has 0 aliphatic carbocycles. The molecular weight excluding hydrogens is 426 g/mol. The first kappa shape index (κ1) is 21.1. The summed E-state index contributed by atoms with van der Waals surface area (Å²) in [5.41, 5.74) is 2.72. The maximum absolute atomic E-state index is 12.8. The zero-order valence-corrected chi connectivity index (χ0v) is 18.7. The highest BCUT2D eigenvalue weighted by molar-refractivity contribution is 6.30. The zero-order valence-electron chi connectivity index (χ0n) is 18.0. The van der Waals surface area contributed by atoms with E-state index in [1.807, 2.05) is 17.0 Å². The van der Waals surface area contributed by atoms with Crippen LogP contribution in [0.15, 0.2) is 48.8 Å². The predicted octanol–water partition coefficient (Wildman–Crippen LogP) is 2.60. The summed E-state index contributed by atoms with van der Waals surface area (Å²) in [7, 11) is 0. The van der Waals surface area contributed by atoms with Crippen molar-refractivity contribution in [2.45, 2.75) is 19.1 Å². The van der Waals surface area contributed by atoms with E-state index in [9.17, 15) is 9.90 Å². The molecule has 0 saturated carbocycles. The summed E-state index contributed by atoms with van der Waals surface area (Å²) in [6, 6.07) is 13.2. The molecule has 166 valence electrons. The Morgan fingerprint density at radius 1 is 1.03 bits per heavy atom. The minimum absolute atomic E-state index is 0.0117. The second-order valence-electron chi connectivity index (χ2n) is 8.59. The highest BCUT2D eigenvalue weighted by atomic mass is 35.5. The standard InChI is InChI=1S/C24H26ClN5O2/c1-16-2-7-20-19(12-16)23(27-15-26-20)30-13-21(22(31)14-30)28-8-10-29(11-9-28)24(32)17-3-5-18(25)6-4-17/h2-7,12,15,21-22,31H,8-11,13-14H2,1H3. The quantitative estimate of drug-likeness (QED) is 0.660. The summed E-state index contributed by atoms with van der Waals surface area (Å²) in [5.74, 6) is 0.898. The van der Waals surface area contributed by atoms with Crippen LogP contribution in [0.5, 0.6) is 0 Å². The number of fused-ring (bicyclic) bond motifs is 1.